The van der Waals surface area contributed by atoms with Gasteiger partial charge < -0.3 is 15.0 Å². The van der Waals surface area contributed by atoms with E-state index in [1.54, 1.807) is 18.3 Å². The maximum absolute atomic E-state index is 11.6. The van der Waals surface area contributed by atoms with Crippen LogP contribution < -0.4 is 4.90 Å². The van der Waals surface area contributed by atoms with E-state index >= 15 is 0 Å². The van der Waals surface area contributed by atoms with Crippen molar-refractivity contribution in [1.82, 2.24) is 24.0 Å². The van der Waals surface area contributed by atoms with E-state index < -0.39 is 0 Å². The number of piperidine rings is 1. The van der Waals surface area contributed by atoms with Gasteiger partial charge in [0.05, 0.1) is 6.20 Å². The third kappa shape index (κ3) is 2.50. The molecule has 9 heteroatoms. The molecular weight excluding hydrogens is 346 g/mol. The van der Waals surface area contributed by atoms with Gasteiger partial charge in [0.15, 0.2) is 5.65 Å². The number of hydrogen-bond acceptors (Lipinski definition) is 6. The van der Waals surface area contributed by atoms with Crippen LogP contribution in [0.2, 0.25) is 0 Å². The number of pyridine rings is 2. The molecule has 0 N–H and O–H groups in total. The number of anilines is 1. The van der Waals surface area contributed by atoms with Crippen LogP contribution in [0.1, 0.15) is 24.6 Å². The number of fused-ring (bicyclic) bond motifs is 2. The molecule has 9 nitrogen and oxygen atoms in total. The van der Waals surface area contributed by atoms with E-state index in [-0.39, 0.29) is 16.7 Å². The predicted molar refractivity (Wildman–Crippen MR) is 99.0 cm³/mol. The zero-order valence-corrected chi connectivity index (χ0v) is 14.5. The maximum Gasteiger partial charge on any atom is 0.372 e. The van der Waals surface area contributed by atoms with Crippen LogP contribution in [0.4, 0.5) is 11.6 Å². The largest absolute Gasteiger partial charge is 0.372 e. The molecule has 1 fully saturated rings. The fraction of sp³-hybridized carbons (Fsp3) is 0.278. The topological polar surface area (TPSA) is 93.9 Å². The van der Waals surface area contributed by atoms with Gasteiger partial charge in [0.25, 0.3) is 0 Å². The lowest BCUT2D eigenvalue weighted by Crippen LogP contribution is -2.34. The molecule has 136 valence electrons. The monoisotopic (exact) mass is 363 g/mol. The Bertz CT molecular complexity index is 1140. The van der Waals surface area contributed by atoms with E-state index in [0.29, 0.717) is 24.6 Å². The number of rotatable bonds is 3. The minimum absolute atomic E-state index is 0.0250. The van der Waals surface area contributed by atoms with Crippen LogP contribution >= 0.6 is 0 Å². The Morgan fingerprint density at radius 1 is 0.963 bits per heavy atom. The Balaban J connectivity index is 1.43. The molecule has 4 aromatic heterocycles. The van der Waals surface area contributed by atoms with E-state index in [4.69, 9.17) is 0 Å². The molecule has 0 aromatic carbocycles. The van der Waals surface area contributed by atoms with E-state index in [1.165, 1.54) is 4.40 Å². The summed E-state index contributed by atoms with van der Waals surface area (Å²) in [4.78, 5) is 17.8. The van der Waals surface area contributed by atoms with Gasteiger partial charge in [-0.05, 0) is 36.0 Å². The highest BCUT2D eigenvalue weighted by molar-refractivity contribution is 5.63. The molecule has 1 aliphatic heterocycles. The molecule has 0 bridgehead atoms. The highest BCUT2D eigenvalue weighted by Gasteiger charge is 2.31. The number of nitrogens with zero attached hydrogens (tertiary/aromatic N) is 7. The van der Waals surface area contributed by atoms with Crippen LogP contribution in [0, 0.1) is 10.1 Å². The molecule has 0 unspecified atom stereocenters. The molecule has 4 aromatic rings. The molecule has 5 heterocycles. The Hall–Kier alpha value is -3.49. The van der Waals surface area contributed by atoms with Crippen molar-refractivity contribution in [3.63, 3.8) is 0 Å². The first kappa shape index (κ1) is 15.7. The lowest BCUT2D eigenvalue weighted by atomic mass is 9.96. The lowest BCUT2D eigenvalue weighted by Gasteiger charge is -2.30. The Morgan fingerprint density at radius 3 is 2.41 bits per heavy atom. The van der Waals surface area contributed by atoms with Crippen LogP contribution in [-0.4, -0.2) is 42.0 Å². The summed E-state index contributed by atoms with van der Waals surface area (Å²) >= 11 is 0. The van der Waals surface area contributed by atoms with Crippen molar-refractivity contribution in [2.75, 3.05) is 18.0 Å². The number of nitro groups is 1. The van der Waals surface area contributed by atoms with Gasteiger partial charge in [-0.15, -0.1) is 10.2 Å². The zero-order chi connectivity index (χ0) is 18.4. The second kappa shape index (κ2) is 6.04. The summed E-state index contributed by atoms with van der Waals surface area (Å²) in [6.45, 7) is 1.38. The molecule has 1 saturated heterocycles. The Kier molecular flexibility index (Phi) is 3.52. The van der Waals surface area contributed by atoms with E-state index in [2.05, 4.69) is 15.2 Å². The molecule has 0 amide bonds. The Labute approximate surface area is 154 Å². The number of imidazole rings is 1. The third-order valence-electron chi connectivity index (χ3n) is 5.16. The third-order valence-corrected chi connectivity index (χ3v) is 5.16. The summed E-state index contributed by atoms with van der Waals surface area (Å²) in [6, 6.07) is 11.2. The standard InChI is InChI=1S/C18H17N7O2/c26-25(27)18-17(19-14-5-1-4-10-24(14)18)22-11-7-13(8-12-22)16-21-20-15-6-2-3-9-23(15)16/h1-6,9-10,13H,7-8,11-12H2. The highest BCUT2D eigenvalue weighted by atomic mass is 16.6. The van der Waals surface area contributed by atoms with Crippen LogP contribution in [0.3, 0.4) is 0 Å². The van der Waals surface area contributed by atoms with Gasteiger partial charge in [-0.3, -0.25) is 4.40 Å². The Morgan fingerprint density at radius 2 is 1.67 bits per heavy atom. The van der Waals surface area contributed by atoms with Crippen LogP contribution in [-0.2, 0) is 0 Å². The fourth-order valence-corrected chi connectivity index (χ4v) is 3.84. The summed E-state index contributed by atoms with van der Waals surface area (Å²) in [7, 11) is 0. The first-order valence-electron chi connectivity index (χ1n) is 8.88. The smallest absolute Gasteiger partial charge is 0.358 e. The maximum atomic E-state index is 11.6. The van der Waals surface area contributed by atoms with Crippen molar-refractivity contribution in [2.24, 2.45) is 0 Å². The number of aromatic nitrogens is 5. The quantitative estimate of drug-likeness (QED) is 0.410. The predicted octanol–water partition coefficient (Wildman–Crippen LogP) is 2.67. The van der Waals surface area contributed by atoms with E-state index in [0.717, 1.165) is 24.3 Å². The highest BCUT2D eigenvalue weighted by Crippen LogP contribution is 2.34. The molecule has 1 aliphatic rings. The summed E-state index contributed by atoms with van der Waals surface area (Å²) < 4.78 is 3.56. The van der Waals surface area contributed by atoms with E-state index in [9.17, 15) is 10.1 Å². The number of hydrogen-bond donors (Lipinski definition) is 0. The SMILES string of the molecule is O=[N+]([O-])c1c(N2CCC(c3nnc4ccccn34)CC2)nc2ccccn12. The van der Waals surface area contributed by atoms with Gasteiger partial charge in [0, 0.05) is 31.3 Å². The molecule has 0 aliphatic carbocycles. The minimum atomic E-state index is -0.354. The first-order chi connectivity index (χ1) is 13.2. The second-order valence-corrected chi connectivity index (χ2v) is 6.69. The molecule has 0 spiro atoms. The molecule has 0 saturated carbocycles. The van der Waals surface area contributed by atoms with E-state index in [1.807, 2.05) is 39.8 Å². The van der Waals surface area contributed by atoms with Crippen LogP contribution in [0.5, 0.6) is 0 Å². The van der Waals surface area contributed by atoms with Gasteiger partial charge in [-0.2, -0.15) is 9.38 Å². The molecular formula is C18H17N7O2. The van der Waals surface area contributed by atoms with Crippen LogP contribution in [0.25, 0.3) is 11.3 Å². The van der Waals surface area contributed by atoms with Gasteiger partial charge in [0.2, 0.25) is 11.5 Å². The van der Waals surface area contributed by atoms with Gasteiger partial charge in [0.1, 0.15) is 5.82 Å². The summed E-state index contributed by atoms with van der Waals surface area (Å²) in [6.07, 6.45) is 5.35. The average Bonchev–Trinajstić information content (AvgIpc) is 3.30. The van der Waals surface area contributed by atoms with Crippen molar-refractivity contribution in [3.05, 3.63) is 64.7 Å². The van der Waals surface area contributed by atoms with Gasteiger partial charge in [-0.25, -0.2) is 0 Å². The van der Waals surface area contributed by atoms with Crippen molar-refractivity contribution in [1.29, 1.82) is 0 Å². The minimum Gasteiger partial charge on any atom is -0.358 e. The second-order valence-electron chi connectivity index (χ2n) is 6.69. The van der Waals surface area contributed by atoms with Crippen LogP contribution in [0.15, 0.2) is 48.8 Å². The molecule has 0 atom stereocenters. The zero-order valence-electron chi connectivity index (χ0n) is 14.5. The van der Waals surface area contributed by atoms with Crippen molar-refractivity contribution in [2.45, 2.75) is 18.8 Å². The lowest BCUT2D eigenvalue weighted by molar-refractivity contribution is -0.389. The summed E-state index contributed by atoms with van der Waals surface area (Å²) in [5.41, 5.74) is 1.43. The van der Waals surface area contributed by atoms with Crippen molar-refractivity contribution >= 4 is 22.9 Å². The fourth-order valence-electron chi connectivity index (χ4n) is 3.84. The molecule has 27 heavy (non-hydrogen) atoms. The summed E-state index contributed by atoms with van der Waals surface area (Å²) in [5, 5.41) is 20.2. The normalized spacial score (nSPS) is 15.6. The van der Waals surface area contributed by atoms with Gasteiger partial charge >= 0.3 is 5.82 Å². The molecule has 0 radical (unpaired) electrons. The first-order valence-corrected chi connectivity index (χ1v) is 8.88. The summed E-state index contributed by atoms with van der Waals surface area (Å²) in [5.74, 6) is 1.69. The molecule has 5 rings (SSSR count). The van der Waals surface area contributed by atoms with Crippen molar-refractivity contribution < 1.29 is 4.92 Å². The average molecular weight is 363 g/mol. The van der Waals surface area contributed by atoms with Gasteiger partial charge in [-0.1, -0.05) is 12.1 Å². The van der Waals surface area contributed by atoms with Crippen molar-refractivity contribution in [3.8, 4) is 0 Å².